The van der Waals surface area contributed by atoms with E-state index >= 15 is 0 Å². The Morgan fingerprint density at radius 1 is 1.60 bits per heavy atom. The topological polar surface area (TPSA) is 3.24 Å². The third-order valence-electron chi connectivity index (χ3n) is 1.77. The standard InChI is InChI=1S/C8H16IN/c1-3-5-10-6-4-8(2)9-7-10/h3-7H2,1-2H3. The van der Waals surface area contributed by atoms with Gasteiger partial charge in [-0.25, -0.2) is 0 Å². The van der Waals surface area contributed by atoms with Crippen LogP contribution in [-0.4, -0.2) is 26.0 Å². The predicted molar refractivity (Wildman–Crippen MR) is 56.0 cm³/mol. The molecule has 0 fully saturated rings. The molecule has 1 heterocycles. The molecule has 0 aliphatic carbocycles. The van der Waals surface area contributed by atoms with Gasteiger partial charge in [0.1, 0.15) is 0 Å². The SMILES string of the molecule is CCCN1CCC(C)=IC1. The van der Waals surface area contributed by atoms with E-state index < -0.39 is 0 Å². The molecule has 10 heavy (non-hydrogen) atoms. The van der Waals surface area contributed by atoms with Gasteiger partial charge in [0.2, 0.25) is 0 Å². The Balaban J connectivity index is 2.27. The zero-order chi connectivity index (χ0) is 7.40. The van der Waals surface area contributed by atoms with E-state index in [4.69, 9.17) is 0 Å². The van der Waals surface area contributed by atoms with Gasteiger partial charge in [-0.2, -0.15) is 0 Å². The molecule has 0 aromatic carbocycles. The summed E-state index contributed by atoms with van der Waals surface area (Å²) in [7, 11) is 0. The molecule has 0 saturated heterocycles. The smallest absolute Gasteiger partial charge is 0.0457 e. The van der Waals surface area contributed by atoms with Crippen LogP contribution < -0.4 is 0 Å². The van der Waals surface area contributed by atoms with Gasteiger partial charge in [0, 0.05) is 11.1 Å². The van der Waals surface area contributed by atoms with Crippen LogP contribution in [0.25, 0.3) is 0 Å². The van der Waals surface area contributed by atoms with Crippen molar-refractivity contribution in [2.75, 3.05) is 17.6 Å². The van der Waals surface area contributed by atoms with Crippen molar-refractivity contribution in [3.8, 4) is 0 Å². The summed E-state index contributed by atoms with van der Waals surface area (Å²) in [5.41, 5.74) is 0. The Morgan fingerprint density at radius 3 is 2.90 bits per heavy atom. The lowest BCUT2D eigenvalue weighted by Gasteiger charge is -2.23. The average molecular weight is 253 g/mol. The van der Waals surface area contributed by atoms with Crippen molar-refractivity contribution in [1.82, 2.24) is 4.90 Å². The molecule has 0 atom stereocenters. The van der Waals surface area contributed by atoms with Gasteiger partial charge in [0.25, 0.3) is 0 Å². The molecule has 0 bridgehead atoms. The number of nitrogens with zero attached hydrogens (tertiary/aromatic N) is 1. The van der Waals surface area contributed by atoms with Gasteiger partial charge in [0.15, 0.2) is 0 Å². The highest BCUT2D eigenvalue weighted by Gasteiger charge is 2.07. The molecular weight excluding hydrogens is 237 g/mol. The first-order chi connectivity index (χ1) is 4.83. The van der Waals surface area contributed by atoms with Crippen molar-refractivity contribution in [2.24, 2.45) is 0 Å². The van der Waals surface area contributed by atoms with Gasteiger partial charge in [0.05, 0.1) is 0 Å². The van der Waals surface area contributed by atoms with Crippen LogP contribution in [0.5, 0.6) is 0 Å². The average Bonchev–Trinajstić information content (AvgIpc) is 1.95. The minimum Gasteiger partial charge on any atom is -0.294 e. The Morgan fingerprint density at radius 2 is 2.40 bits per heavy atom. The predicted octanol–water partition coefficient (Wildman–Crippen LogP) is 2.22. The third-order valence-corrected chi connectivity index (χ3v) is 4.92. The lowest BCUT2D eigenvalue weighted by Crippen LogP contribution is -2.28. The van der Waals surface area contributed by atoms with Gasteiger partial charge in [-0.15, -0.1) is 20.7 Å². The molecule has 0 aromatic heterocycles. The van der Waals surface area contributed by atoms with Crippen molar-refractivity contribution in [2.45, 2.75) is 26.7 Å². The number of hydrogen-bond donors (Lipinski definition) is 0. The van der Waals surface area contributed by atoms with E-state index in [0.29, 0.717) is 20.7 Å². The molecule has 0 radical (unpaired) electrons. The number of alkyl halides is 1. The Hall–Kier alpha value is 0.560. The van der Waals surface area contributed by atoms with Crippen LogP contribution in [0.2, 0.25) is 0 Å². The molecule has 0 amide bonds. The molecule has 1 aliphatic rings. The molecule has 1 rings (SSSR count). The fourth-order valence-corrected chi connectivity index (χ4v) is 3.48. The first kappa shape index (κ1) is 8.65. The number of hydrogen-bond acceptors (Lipinski definition) is 1. The Labute approximate surface area is 73.5 Å². The second kappa shape index (κ2) is 4.44. The van der Waals surface area contributed by atoms with Gasteiger partial charge in [-0.3, -0.25) is 4.90 Å². The largest absolute Gasteiger partial charge is 0.294 e. The van der Waals surface area contributed by atoms with Crippen LogP contribution in [0.3, 0.4) is 0 Å². The summed E-state index contributed by atoms with van der Waals surface area (Å²) in [6.45, 7) is 7.26. The van der Waals surface area contributed by atoms with Crippen LogP contribution in [0.15, 0.2) is 0 Å². The zero-order valence-electron chi connectivity index (χ0n) is 6.86. The van der Waals surface area contributed by atoms with E-state index in [1.54, 1.807) is 3.51 Å². The van der Waals surface area contributed by atoms with Crippen LogP contribution in [0, 0.1) is 0 Å². The van der Waals surface area contributed by atoms with Crippen LogP contribution in [-0.2, 0) is 0 Å². The summed E-state index contributed by atoms with van der Waals surface area (Å²) in [5, 5.41) is 0. The molecule has 0 aromatic rings. The lowest BCUT2D eigenvalue weighted by atomic mass is 10.3. The summed E-state index contributed by atoms with van der Waals surface area (Å²) < 4.78 is 3.21. The molecular formula is C8H16IN. The van der Waals surface area contributed by atoms with E-state index in [9.17, 15) is 0 Å². The molecule has 0 saturated carbocycles. The molecule has 0 spiro atoms. The summed E-state index contributed by atoms with van der Waals surface area (Å²) >= 11 is 0.442. The van der Waals surface area contributed by atoms with E-state index in [2.05, 4.69) is 18.7 Å². The molecule has 2 heteroatoms. The fraction of sp³-hybridized carbons (Fsp3) is 0.875. The minimum atomic E-state index is 0.442. The molecule has 0 N–H and O–H groups in total. The van der Waals surface area contributed by atoms with Crippen molar-refractivity contribution in [3.63, 3.8) is 0 Å². The van der Waals surface area contributed by atoms with Gasteiger partial charge in [-0.1, -0.05) is 6.92 Å². The second-order valence-corrected chi connectivity index (χ2v) is 6.08. The fourth-order valence-electron chi connectivity index (χ4n) is 1.11. The zero-order valence-corrected chi connectivity index (χ0v) is 9.02. The lowest BCUT2D eigenvalue weighted by molar-refractivity contribution is 0.337. The summed E-state index contributed by atoms with van der Waals surface area (Å²) in [6.07, 6.45) is 2.70. The number of halogens is 1. The van der Waals surface area contributed by atoms with E-state index in [1.807, 2.05) is 0 Å². The maximum Gasteiger partial charge on any atom is 0.0457 e. The van der Waals surface area contributed by atoms with Gasteiger partial charge < -0.3 is 0 Å². The van der Waals surface area contributed by atoms with Crippen molar-refractivity contribution in [3.05, 3.63) is 0 Å². The number of rotatable bonds is 2. The van der Waals surface area contributed by atoms with Crippen molar-refractivity contribution in [1.29, 1.82) is 0 Å². The molecule has 0 unspecified atom stereocenters. The summed E-state index contributed by atoms with van der Waals surface area (Å²) in [4.78, 5) is 2.61. The van der Waals surface area contributed by atoms with E-state index in [1.165, 1.54) is 30.5 Å². The van der Waals surface area contributed by atoms with E-state index in [-0.39, 0.29) is 0 Å². The Kier molecular flexibility index (Phi) is 3.84. The van der Waals surface area contributed by atoms with E-state index in [0.717, 1.165) is 0 Å². The minimum absolute atomic E-state index is 0.442. The maximum atomic E-state index is 2.61. The highest BCUT2D eigenvalue weighted by atomic mass is 127. The summed E-state index contributed by atoms with van der Waals surface area (Å²) in [6, 6.07) is 0. The highest BCUT2D eigenvalue weighted by molar-refractivity contribution is 14.2. The monoisotopic (exact) mass is 253 g/mol. The quantitative estimate of drug-likeness (QED) is 0.414. The Bertz CT molecular complexity index is 131. The third kappa shape index (κ3) is 2.66. The normalized spacial score (nSPS) is 21.6. The molecule has 60 valence electrons. The maximum absolute atomic E-state index is 2.61. The second-order valence-electron chi connectivity index (χ2n) is 2.80. The van der Waals surface area contributed by atoms with Crippen LogP contribution >= 0.6 is 20.7 Å². The van der Waals surface area contributed by atoms with Crippen molar-refractivity contribution < 1.29 is 0 Å². The molecule has 1 aliphatic heterocycles. The van der Waals surface area contributed by atoms with Gasteiger partial charge in [-0.05, 0) is 29.8 Å². The summed E-state index contributed by atoms with van der Waals surface area (Å²) in [5.74, 6) is 0. The van der Waals surface area contributed by atoms with Crippen molar-refractivity contribution >= 4 is 24.2 Å². The first-order valence-electron chi connectivity index (χ1n) is 3.97. The van der Waals surface area contributed by atoms with Gasteiger partial charge >= 0.3 is 0 Å². The first-order valence-corrected chi connectivity index (χ1v) is 6.57. The van der Waals surface area contributed by atoms with Crippen LogP contribution in [0.1, 0.15) is 26.7 Å². The highest BCUT2D eigenvalue weighted by Crippen LogP contribution is 2.14. The molecule has 1 nitrogen and oxygen atoms in total. The van der Waals surface area contributed by atoms with Crippen LogP contribution in [0.4, 0.5) is 0 Å².